The molecule has 0 aliphatic carbocycles. The number of fused-ring (bicyclic) bond motifs is 1. The van der Waals surface area contributed by atoms with Crippen LogP contribution in [0.1, 0.15) is 11.1 Å². The van der Waals surface area contributed by atoms with Gasteiger partial charge in [-0.3, -0.25) is 0 Å². The first-order valence-electron chi connectivity index (χ1n) is 7.57. The molecule has 2 heterocycles. The number of aromatic nitrogens is 1. The molecule has 0 saturated carbocycles. The third-order valence-electron chi connectivity index (χ3n) is 4.32. The monoisotopic (exact) mass is 290 g/mol. The van der Waals surface area contributed by atoms with E-state index in [1.807, 2.05) is 6.07 Å². The van der Waals surface area contributed by atoms with Gasteiger partial charge in [0.15, 0.2) is 0 Å². The first kappa shape index (κ1) is 14.5. The topological polar surface area (TPSA) is 8.17 Å². The number of hydrogen-bond donors (Lipinski definition) is 0. The zero-order chi connectivity index (χ0) is 15.7. The highest BCUT2D eigenvalue weighted by atomic mass is 15.1. The van der Waals surface area contributed by atoms with Crippen molar-refractivity contribution in [2.24, 2.45) is 7.05 Å². The van der Waals surface area contributed by atoms with Gasteiger partial charge < -0.3 is 9.47 Å². The second-order valence-corrected chi connectivity index (χ2v) is 5.86. The van der Waals surface area contributed by atoms with E-state index in [2.05, 4.69) is 85.7 Å². The Labute approximate surface area is 132 Å². The zero-order valence-electron chi connectivity index (χ0n) is 13.5. The number of para-hydroxylation sites is 1. The average molecular weight is 290 g/mol. The zero-order valence-corrected chi connectivity index (χ0v) is 13.5. The first-order valence-corrected chi connectivity index (χ1v) is 7.57. The van der Waals surface area contributed by atoms with Gasteiger partial charge in [-0.05, 0) is 30.2 Å². The summed E-state index contributed by atoms with van der Waals surface area (Å²) in [5.74, 6) is 0. The van der Waals surface area contributed by atoms with Crippen LogP contribution in [0.3, 0.4) is 0 Å². The minimum absolute atomic E-state index is 0.917. The van der Waals surface area contributed by atoms with E-state index in [1.54, 1.807) is 0 Å². The number of aryl methyl sites for hydroxylation is 2. The summed E-state index contributed by atoms with van der Waals surface area (Å²) in [6, 6.07) is 16.9. The normalized spacial score (nSPS) is 15.5. The van der Waals surface area contributed by atoms with Crippen LogP contribution in [0.4, 0.5) is 5.69 Å². The van der Waals surface area contributed by atoms with Gasteiger partial charge in [-0.1, -0.05) is 43.0 Å². The maximum absolute atomic E-state index is 4.34. The molecule has 0 bridgehead atoms. The fraction of sp³-hybridized carbons (Fsp3) is 0.200. The molecule has 22 heavy (non-hydrogen) atoms. The highest BCUT2D eigenvalue weighted by molar-refractivity contribution is 5.85. The molecule has 0 atom stereocenters. The smallest absolute Gasteiger partial charge is 0.0443 e. The Morgan fingerprint density at radius 1 is 0.955 bits per heavy atom. The van der Waals surface area contributed by atoms with Crippen molar-refractivity contribution < 1.29 is 0 Å². The summed E-state index contributed by atoms with van der Waals surface area (Å²) in [6.07, 6.45) is 2.05. The lowest BCUT2D eigenvalue weighted by atomic mass is 10.0. The summed E-state index contributed by atoms with van der Waals surface area (Å²) < 4.78 is 2.09. The molecule has 0 unspecified atom stereocenters. The molecule has 0 fully saturated rings. The lowest BCUT2D eigenvalue weighted by Gasteiger charge is -2.10. The first-order chi connectivity index (χ1) is 10.6. The predicted molar refractivity (Wildman–Crippen MR) is 94.8 cm³/mol. The highest BCUT2D eigenvalue weighted by Gasteiger charge is 2.20. The number of likely N-dealkylation sites (N-methyl/N-ethyl adjacent to an activating group) is 1. The summed E-state index contributed by atoms with van der Waals surface area (Å²) in [5.41, 5.74) is 5.21. The maximum Gasteiger partial charge on any atom is 0.0443 e. The summed E-state index contributed by atoms with van der Waals surface area (Å²) in [4.78, 5) is 2.30. The van der Waals surface area contributed by atoms with Gasteiger partial charge in [-0.25, -0.2) is 0 Å². The van der Waals surface area contributed by atoms with E-state index >= 15 is 0 Å². The minimum atomic E-state index is 0.917. The molecule has 1 aliphatic heterocycles. The fourth-order valence-electron chi connectivity index (χ4n) is 3.12. The maximum atomic E-state index is 4.34. The summed E-state index contributed by atoms with van der Waals surface area (Å²) in [6.45, 7) is 7.42. The molecule has 2 heteroatoms. The Balaban J connectivity index is 2.52. The van der Waals surface area contributed by atoms with Crippen molar-refractivity contribution in [1.29, 1.82) is 0 Å². The van der Waals surface area contributed by atoms with Crippen molar-refractivity contribution in [3.05, 3.63) is 76.4 Å². The molecule has 0 amide bonds. The molecule has 2 nitrogen and oxygen atoms in total. The number of rotatable bonds is 0. The van der Waals surface area contributed by atoms with Gasteiger partial charge in [-0.2, -0.15) is 0 Å². The van der Waals surface area contributed by atoms with Crippen molar-refractivity contribution >= 4 is 17.8 Å². The third kappa shape index (κ3) is 2.41. The van der Waals surface area contributed by atoms with Crippen molar-refractivity contribution in [2.75, 3.05) is 18.5 Å². The minimum Gasteiger partial charge on any atom is -0.370 e. The summed E-state index contributed by atoms with van der Waals surface area (Å²) in [7, 11) is 4.20. The molecule has 112 valence electrons. The van der Waals surface area contributed by atoms with Crippen molar-refractivity contribution in [1.82, 2.24) is 4.57 Å². The Hall–Kier alpha value is -2.48. The predicted octanol–water partition coefficient (Wildman–Crippen LogP) is 2.52. The Morgan fingerprint density at radius 2 is 1.68 bits per heavy atom. The van der Waals surface area contributed by atoms with E-state index in [1.165, 1.54) is 27.6 Å². The molecule has 1 aliphatic rings. The molecule has 2 aromatic rings. The van der Waals surface area contributed by atoms with E-state index in [-0.39, 0.29) is 0 Å². The van der Waals surface area contributed by atoms with E-state index in [9.17, 15) is 0 Å². The third-order valence-corrected chi connectivity index (χ3v) is 4.32. The van der Waals surface area contributed by atoms with E-state index in [0.717, 1.165) is 11.9 Å². The van der Waals surface area contributed by atoms with E-state index in [4.69, 9.17) is 0 Å². The van der Waals surface area contributed by atoms with E-state index < -0.39 is 0 Å². The fourth-order valence-corrected chi connectivity index (χ4v) is 3.12. The van der Waals surface area contributed by atoms with Gasteiger partial charge in [0.05, 0.1) is 0 Å². The van der Waals surface area contributed by atoms with Gasteiger partial charge in [0, 0.05) is 48.7 Å². The van der Waals surface area contributed by atoms with Crippen LogP contribution in [0.25, 0.3) is 12.2 Å². The average Bonchev–Trinajstić information content (AvgIpc) is 2.85. The molecule has 1 aromatic heterocycles. The molecule has 3 rings (SSSR count). The van der Waals surface area contributed by atoms with Gasteiger partial charge in [0.2, 0.25) is 0 Å². The van der Waals surface area contributed by atoms with Crippen LogP contribution in [-0.2, 0) is 7.05 Å². The highest BCUT2D eigenvalue weighted by Crippen LogP contribution is 2.32. The molecule has 0 N–H and O–H groups in total. The number of benzene rings is 1. The Bertz CT molecular complexity index is 873. The van der Waals surface area contributed by atoms with Crippen LogP contribution in [0.2, 0.25) is 0 Å². The van der Waals surface area contributed by atoms with Crippen molar-refractivity contribution in [3.63, 3.8) is 0 Å². The molecule has 0 radical (unpaired) electrons. The van der Waals surface area contributed by atoms with Crippen LogP contribution in [0.5, 0.6) is 0 Å². The molecule has 1 aromatic carbocycles. The molecule has 0 saturated heterocycles. The van der Waals surface area contributed by atoms with Gasteiger partial charge in [0.25, 0.3) is 0 Å². The number of hydrogen-bond acceptors (Lipinski definition) is 1. The SMILES string of the molecule is C=c1c(=C2CN(C)c3ccccc32)c(C)cccccn1C. The Morgan fingerprint density at radius 3 is 2.50 bits per heavy atom. The van der Waals surface area contributed by atoms with Crippen LogP contribution in [0, 0.1) is 6.92 Å². The lowest BCUT2D eigenvalue weighted by molar-refractivity contribution is 0.865. The molecular weight excluding hydrogens is 268 g/mol. The summed E-state index contributed by atoms with van der Waals surface area (Å²) >= 11 is 0. The van der Waals surface area contributed by atoms with Crippen molar-refractivity contribution in [2.45, 2.75) is 6.92 Å². The van der Waals surface area contributed by atoms with Crippen LogP contribution in [0.15, 0.2) is 54.7 Å². The number of nitrogens with zero attached hydrogens (tertiary/aromatic N) is 2. The lowest BCUT2D eigenvalue weighted by Crippen LogP contribution is -2.35. The second-order valence-electron chi connectivity index (χ2n) is 5.86. The molecular formula is C20H22N2. The van der Waals surface area contributed by atoms with Crippen LogP contribution >= 0.6 is 0 Å². The van der Waals surface area contributed by atoms with Gasteiger partial charge in [-0.15, -0.1) is 0 Å². The van der Waals surface area contributed by atoms with Crippen LogP contribution < -0.4 is 15.5 Å². The molecule has 0 spiro atoms. The Kier molecular flexibility index (Phi) is 3.76. The van der Waals surface area contributed by atoms with Gasteiger partial charge in [0.1, 0.15) is 0 Å². The summed E-state index contributed by atoms with van der Waals surface area (Å²) in [5, 5.41) is 2.28. The largest absolute Gasteiger partial charge is 0.370 e. The van der Waals surface area contributed by atoms with Crippen LogP contribution in [-0.4, -0.2) is 18.2 Å². The van der Waals surface area contributed by atoms with Crippen molar-refractivity contribution in [3.8, 4) is 0 Å². The quantitative estimate of drug-likeness (QED) is 0.724. The van der Waals surface area contributed by atoms with E-state index in [0.29, 0.717) is 0 Å². The van der Waals surface area contributed by atoms with Gasteiger partial charge >= 0.3 is 0 Å². The number of anilines is 1. The standard InChI is InChI=1S/C20H22N2/c1-15-10-6-5-9-13-21(3)16(2)20(15)18-14-22(4)19-12-8-7-11-17(18)19/h5-13H,2,14H2,1,3-4H3. The second kappa shape index (κ2) is 5.72.